The molecule has 1 aromatic heterocycles. The Labute approximate surface area is 151 Å². The van der Waals surface area contributed by atoms with Crippen molar-refractivity contribution in [3.63, 3.8) is 0 Å². The number of rotatable bonds is 6. The van der Waals surface area contributed by atoms with Gasteiger partial charge in [-0.3, -0.25) is 0 Å². The lowest BCUT2D eigenvalue weighted by Gasteiger charge is -2.21. The monoisotopic (exact) mass is 353 g/mol. The van der Waals surface area contributed by atoms with Gasteiger partial charge < -0.3 is 14.7 Å². The number of nitrogens with one attached hydrogen (secondary N) is 1. The molecule has 0 aliphatic carbocycles. The molecule has 2 aromatic carbocycles. The van der Waals surface area contributed by atoms with Gasteiger partial charge in [0, 0.05) is 24.7 Å². The van der Waals surface area contributed by atoms with Crippen molar-refractivity contribution < 1.29 is 13.7 Å². The molecule has 134 valence electrons. The van der Waals surface area contributed by atoms with Gasteiger partial charge in [0.2, 0.25) is 0 Å². The minimum atomic E-state index is -0.307. The van der Waals surface area contributed by atoms with E-state index in [1.807, 2.05) is 37.3 Å². The van der Waals surface area contributed by atoms with E-state index in [0.717, 1.165) is 11.1 Å². The van der Waals surface area contributed by atoms with Crippen LogP contribution in [0.3, 0.4) is 0 Å². The maximum Gasteiger partial charge on any atom is 0.318 e. The molecule has 2 amide bonds. The normalized spacial score (nSPS) is 10.5. The summed E-state index contributed by atoms with van der Waals surface area (Å²) in [5.74, 6) is 0.231. The van der Waals surface area contributed by atoms with Gasteiger partial charge in [-0.1, -0.05) is 35.5 Å². The van der Waals surface area contributed by atoms with Crippen LogP contribution < -0.4 is 5.32 Å². The number of nitrogens with zero attached hydrogens (tertiary/aromatic N) is 2. The van der Waals surface area contributed by atoms with E-state index in [1.165, 1.54) is 12.1 Å². The molecule has 1 heterocycles. The second-order valence-corrected chi connectivity index (χ2v) is 5.87. The van der Waals surface area contributed by atoms with Crippen LogP contribution in [0.1, 0.15) is 18.2 Å². The number of hydrogen-bond donors (Lipinski definition) is 1. The summed E-state index contributed by atoms with van der Waals surface area (Å²) in [6, 6.07) is 17.4. The van der Waals surface area contributed by atoms with E-state index >= 15 is 0 Å². The first-order valence-corrected chi connectivity index (χ1v) is 8.44. The van der Waals surface area contributed by atoms with Crippen LogP contribution in [-0.2, 0) is 13.1 Å². The van der Waals surface area contributed by atoms with Gasteiger partial charge in [0.05, 0.1) is 6.54 Å². The number of hydrogen-bond acceptors (Lipinski definition) is 3. The Morgan fingerprint density at radius 3 is 2.54 bits per heavy atom. The first-order valence-electron chi connectivity index (χ1n) is 8.44. The Bertz CT molecular complexity index is 847. The highest BCUT2D eigenvalue weighted by atomic mass is 19.1. The molecule has 0 aliphatic heterocycles. The Morgan fingerprint density at radius 2 is 1.85 bits per heavy atom. The van der Waals surface area contributed by atoms with E-state index in [-0.39, 0.29) is 11.8 Å². The van der Waals surface area contributed by atoms with Crippen LogP contribution in [0.2, 0.25) is 0 Å². The summed E-state index contributed by atoms with van der Waals surface area (Å²) >= 11 is 0. The lowest BCUT2D eigenvalue weighted by atomic mass is 10.1. The molecule has 0 radical (unpaired) electrons. The second-order valence-electron chi connectivity index (χ2n) is 5.87. The van der Waals surface area contributed by atoms with Crippen LogP contribution in [0.4, 0.5) is 9.18 Å². The van der Waals surface area contributed by atoms with Gasteiger partial charge in [0.25, 0.3) is 0 Å². The first kappa shape index (κ1) is 17.7. The van der Waals surface area contributed by atoms with E-state index in [4.69, 9.17) is 4.52 Å². The molecule has 0 unspecified atom stereocenters. The molecule has 6 heteroatoms. The fraction of sp³-hybridized carbons (Fsp3) is 0.200. The third-order valence-corrected chi connectivity index (χ3v) is 3.87. The standard InChI is InChI=1S/C20H20FN3O2/c1-2-22-20(25)24(13-15-6-4-3-5-7-15)14-18-12-19(26-23-18)16-8-10-17(21)11-9-16/h3-12H,2,13-14H2,1H3,(H,22,25). The summed E-state index contributed by atoms with van der Waals surface area (Å²) in [5, 5.41) is 6.87. The van der Waals surface area contributed by atoms with Crippen LogP contribution >= 0.6 is 0 Å². The van der Waals surface area contributed by atoms with E-state index < -0.39 is 0 Å². The van der Waals surface area contributed by atoms with E-state index in [0.29, 0.717) is 31.1 Å². The predicted molar refractivity (Wildman–Crippen MR) is 96.7 cm³/mol. The molecule has 0 atom stereocenters. The number of amides is 2. The summed E-state index contributed by atoms with van der Waals surface area (Å²) < 4.78 is 18.4. The van der Waals surface area contributed by atoms with Gasteiger partial charge >= 0.3 is 6.03 Å². The lowest BCUT2D eigenvalue weighted by Crippen LogP contribution is -2.39. The van der Waals surface area contributed by atoms with Crippen molar-refractivity contribution >= 4 is 6.03 Å². The Balaban J connectivity index is 1.76. The summed E-state index contributed by atoms with van der Waals surface area (Å²) in [6.45, 7) is 3.20. The van der Waals surface area contributed by atoms with Crippen molar-refractivity contribution in [2.75, 3.05) is 6.54 Å². The highest BCUT2D eigenvalue weighted by Crippen LogP contribution is 2.21. The molecular weight excluding hydrogens is 333 g/mol. The predicted octanol–water partition coefficient (Wildman–Crippen LogP) is 4.21. The molecule has 5 nitrogen and oxygen atoms in total. The molecule has 0 spiro atoms. The number of benzene rings is 2. The molecule has 3 aromatic rings. The highest BCUT2D eigenvalue weighted by Gasteiger charge is 2.16. The number of carbonyl (C=O) groups is 1. The van der Waals surface area contributed by atoms with Crippen molar-refractivity contribution in [3.05, 3.63) is 77.7 Å². The summed E-state index contributed by atoms with van der Waals surface area (Å²) in [7, 11) is 0. The van der Waals surface area contributed by atoms with E-state index in [1.54, 1.807) is 23.1 Å². The summed E-state index contributed by atoms with van der Waals surface area (Å²) in [4.78, 5) is 14.1. The summed E-state index contributed by atoms with van der Waals surface area (Å²) in [5.41, 5.74) is 2.39. The van der Waals surface area contributed by atoms with Crippen LogP contribution in [0.25, 0.3) is 11.3 Å². The second kappa shape index (κ2) is 8.29. The zero-order valence-electron chi connectivity index (χ0n) is 14.5. The third-order valence-electron chi connectivity index (χ3n) is 3.87. The first-order chi connectivity index (χ1) is 12.7. The average molecular weight is 353 g/mol. The van der Waals surface area contributed by atoms with Crippen molar-refractivity contribution in [3.8, 4) is 11.3 Å². The molecule has 0 saturated carbocycles. The molecule has 3 rings (SSSR count). The number of halogens is 1. The van der Waals surface area contributed by atoms with Crippen molar-refractivity contribution in [1.82, 2.24) is 15.4 Å². The van der Waals surface area contributed by atoms with E-state index in [2.05, 4.69) is 10.5 Å². The topological polar surface area (TPSA) is 58.4 Å². The van der Waals surface area contributed by atoms with Gasteiger partial charge in [-0.2, -0.15) is 0 Å². The fourth-order valence-corrected chi connectivity index (χ4v) is 2.60. The molecule has 1 N–H and O–H groups in total. The quantitative estimate of drug-likeness (QED) is 0.722. The molecule has 0 bridgehead atoms. The van der Waals surface area contributed by atoms with Gasteiger partial charge in [0.15, 0.2) is 5.76 Å². The molecule has 26 heavy (non-hydrogen) atoms. The van der Waals surface area contributed by atoms with Gasteiger partial charge in [-0.05, 0) is 36.8 Å². The largest absolute Gasteiger partial charge is 0.356 e. The molecule has 0 saturated heterocycles. The summed E-state index contributed by atoms with van der Waals surface area (Å²) in [6.07, 6.45) is 0. The smallest absolute Gasteiger partial charge is 0.318 e. The molecule has 0 fully saturated rings. The zero-order valence-corrected chi connectivity index (χ0v) is 14.5. The minimum Gasteiger partial charge on any atom is -0.356 e. The maximum absolute atomic E-state index is 13.1. The van der Waals surface area contributed by atoms with Crippen LogP contribution in [0.5, 0.6) is 0 Å². The Hall–Kier alpha value is -3.15. The average Bonchev–Trinajstić information content (AvgIpc) is 3.11. The maximum atomic E-state index is 13.1. The molecule has 0 aliphatic rings. The van der Waals surface area contributed by atoms with Crippen molar-refractivity contribution in [1.29, 1.82) is 0 Å². The SMILES string of the molecule is CCNC(=O)N(Cc1ccccc1)Cc1cc(-c2ccc(F)cc2)on1. The van der Waals surface area contributed by atoms with E-state index in [9.17, 15) is 9.18 Å². The van der Waals surface area contributed by atoms with Gasteiger partial charge in [-0.15, -0.1) is 0 Å². The Kier molecular flexibility index (Phi) is 5.63. The lowest BCUT2D eigenvalue weighted by molar-refractivity contribution is 0.191. The minimum absolute atomic E-state index is 0.164. The number of carbonyl (C=O) groups excluding carboxylic acids is 1. The third kappa shape index (κ3) is 4.47. The number of urea groups is 1. The van der Waals surface area contributed by atoms with Crippen LogP contribution in [0.15, 0.2) is 65.2 Å². The van der Waals surface area contributed by atoms with Crippen molar-refractivity contribution in [2.45, 2.75) is 20.0 Å². The fourth-order valence-electron chi connectivity index (χ4n) is 2.60. The Morgan fingerprint density at radius 1 is 1.12 bits per heavy atom. The number of aromatic nitrogens is 1. The zero-order chi connectivity index (χ0) is 18.4. The molecular formula is C20H20FN3O2. The van der Waals surface area contributed by atoms with Crippen molar-refractivity contribution in [2.24, 2.45) is 0 Å². The van der Waals surface area contributed by atoms with Gasteiger partial charge in [0.1, 0.15) is 11.5 Å². The van der Waals surface area contributed by atoms with Gasteiger partial charge in [-0.25, -0.2) is 9.18 Å². The van der Waals surface area contributed by atoms with Crippen LogP contribution in [-0.4, -0.2) is 22.6 Å². The van der Waals surface area contributed by atoms with Crippen LogP contribution in [0, 0.1) is 5.82 Å². The highest BCUT2D eigenvalue weighted by molar-refractivity contribution is 5.74.